The summed E-state index contributed by atoms with van der Waals surface area (Å²) in [7, 11) is -2.89. The number of fused-ring (bicyclic) bond motifs is 3. The molecule has 1 saturated heterocycles. The molecular weight excluding hydrogens is 764 g/mol. The number of rotatable bonds is 10. The van der Waals surface area contributed by atoms with Crippen LogP contribution in [0.1, 0.15) is 41.6 Å². The minimum Gasteiger partial charge on any atom is -0.432 e. The summed E-state index contributed by atoms with van der Waals surface area (Å²) in [6.07, 6.45) is 3.62. The maximum absolute atomic E-state index is 14.9. The number of aromatic nitrogens is 5. The van der Waals surface area contributed by atoms with E-state index in [2.05, 4.69) is 31.3 Å². The van der Waals surface area contributed by atoms with E-state index in [9.17, 15) is 19.5 Å². The summed E-state index contributed by atoms with van der Waals surface area (Å²) in [6, 6.07) is 30.5. The fraction of sp³-hybridized carbons (Fsp3) is 0.293. The minimum absolute atomic E-state index is 0.0970. The second-order valence-electron chi connectivity index (χ2n) is 14.9. The third-order valence-electron chi connectivity index (χ3n) is 11.1. The van der Waals surface area contributed by atoms with Crippen LogP contribution in [0.5, 0.6) is 0 Å². The Morgan fingerprint density at radius 1 is 0.981 bits per heavy atom. The Bertz CT molecular complexity index is 2400. The number of hydrogen-bond donors (Lipinski definition) is 2. The Labute approximate surface area is 322 Å². The van der Waals surface area contributed by atoms with Crippen molar-refractivity contribution in [3.05, 3.63) is 147 Å². The summed E-state index contributed by atoms with van der Waals surface area (Å²) in [5.41, 5.74) is 2.92. The lowest BCUT2D eigenvalue weighted by Gasteiger charge is -2.32. The van der Waals surface area contributed by atoms with Crippen LogP contribution in [0.4, 0.5) is 5.69 Å². The van der Waals surface area contributed by atoms with Crippen molar-refractivity contribution >= 4 is 46.6 Å². The highest BCUT2D eigenvalue weighted by Crippen LogP contribution is 2.60. The zero-order valence-electron chi connectivity index (χ0n) is 30.2. The molecule has 1 unspecified atom stereocenters. The Kier molecular flexibility index (Phi) is 9.47. The number of aliphatic hydroxyl groups excluding tert-OH is 1. The zero-order chi connectivity index (χ0) is 37.8. The summed E-state index contributed by atoms with van der Waals surface area (Å²) < 4.78 is 11.0. The number of nitrogens with zero attached hydrogens (tertiary/aromatic N) is 6. The Morgan fingerprint density at radius 2 is 1.72 bits per heavy atom. The van der Waals surface area contributed by atoms with Gasteiger partial charge in [0.1, 0.15) is 0 Å². The van der Waals surface area contributed by atoms with E-state index in [-0.39, 0.29) is 42.0 Å². The third kappa shape index (κ3) is 6.23. The second kappa shape index (κ2) is 14.1. The lowest BCUT2D eigenvalue weighted by Crippen LogP contribution is -2.46. The summed E-state index contributed by atoms with van der Waals surface area (Å²) >= 11 is 3.64. The molecule has 276 valence electrons. The van der Waals surface area contributed by atoms with Gasteiger partial charge in [0.15, 0.2) is 13.9 Å². The van der Waals surface area contributed by atoms with Crippen molar-refractivity contribution in [1.82, 2.24) is 24.8 Å². The first-order chi connectivity index (χ1) is 26.0. The smallest absolute Gasteiger partial charge is 0.279 e. The Morgan fingerprint density at radius 3 is 2.46 bits per heavy atom. The van der Waals surface area contributed by atoms with Gasteiger partial charge in [0, 0.05) is 39.6 Å². The molecule has 1 amide bonds. The summed E-state index contributed by atoms with van der Waals surface area (Å²) in [5, 5.41) is 24.7. The molecular formula is C41H41BrN6O5Si. The molecule has 54 heavy (non-hydrogen) atoms. The van der Waals surface area contributed by atoms with Crippen LogP contribution in [-0.4, -0.2) is 61.6 Å². The van der Waals surface area contributed by atoms with Crippen molar-refractivity contribution in [2.24, 2.45) is 5.92 Å². The van der Waals surface area contributed by atoms with E-state index >= 15 is 0 Å². The van der Waals surface area contributed by atoms with Crippen molar-refractivity contribution in [2.45, 2.75) is 62.7 Å². The highest BCUT2D eigenvalue weighted by atomic mass is 79.9. The number of anilines is 1. The molecule has 1 spiro atoms. The molecule has 2 aromatic heterocycles. The fourth-order valence-corrected chi connectivity index (χ4v) is 11.5. The SMILES string of the molecule is C[C@H]1[C@H]([Si](C)(C)O)[C@@H](CCn2cc(C(CO)c3ccccc3)nn2)O[C@]12C(=O)N(Cc1ccc(-n3ncc4ccccc4c3=O)cc1)c1ccc(Br)cc12. The van der Waals surface area contributed by atoms with Crippen molar-refractivity contribution in [1.29, 1.82) is 0 Å². The number of aliphatic hydroxyl groups is 1. The number of carbonyl (C=O) groups is 1. The minimum atomic E-state index is -2.89. The highest BCUT2D eigenvalue weighted by Gasteiger charge is 2.66. The van der Waals surface area contributed by atoms with E-state index in [1.807, 2.05) is 117 Å². The molecule has 1 fully saturated rings. The molecule has 5 atom stereocenters. The molecule has 13 heteroatoms. The molecule has 0 saturated carbocycles. The number of benzene rings is 4. The quantitative estimate of drug-likeness (QED) is 0.154. The normalized spacial score (nSPS) is 21.6. The molecule has 0 bridgehead atoms. The maximum Gasteiger partial charge on any atom is 0.279 e. The number of carbonyl (C=O) groups excluding carboxylic acids is 1. The van der Waals surface area contributed by atoms with Crippen LogP contribution in [0.25, 0.3) is 16.5 Å². The molecule has 4 aromatic carbocycles. The first kappa shape index (κ1) is 36.2. The maximum atomic E-state index is 14.9. The molecule has 4 heterocycles. The number of aryl methyl sites for hydroxylation is 1. The number of amides is 1. The van der Waals surface area contributed by atoms with Gasteiger partial charge >= 0.3 is 0 Å². The molecule has 0 radical (unpaired) electrons. The van der Waals surface area contributed by atoms with E-state index in [0.29, 0.717) is 29.7 Å². The van der Waals surface area contributed by atoms with Gasteiger partial charge in [0.25, 0.3) is 11.5 Å². The average molecular weight is 806 g/mol. The van der Waals surface area contributed by atoms with Gasteiger partial charge in [-0.3, -0.25) is 14.3 Å². The van der Waals surface area contributed by atoms with Gasteiger partial charge in [0.05, 0.1) is 53.8 Å². The monoisotopic (exact) mass is 804 g/mol. The largest absolute Gasteiger partial charge is 0.432 e. The van der Waals surface area contributed by atoms with Gasteiger partial charge in [0.2, 0.25) is 0 Å². The molecule has 8 rings (SSSR count). The summed E-state index contributed by atoms with van der Waals surface area (Å²) in [4.78, 5) is 41.7. The summed E-state index contributed by atoms with van der Waals surface area (Å²) in [6.45, 7) is 6.51. The Balaban J connectivity index is 1.07. The molecule has 2 aliphatic rings. The van der Waals surface area contributed by atoms with Crippen LogP contribution in [0.3, 0.4) is 0 Å². The average Bonchev–Trinajstić information content (AvgIpc) is 3.82. The van der Waals surface area contributed by atoms with E-state index in [4.69, 9.17) is 4.74 Å². The van der Waals surface area contributed by atoms with Gasteiger partial charge < -0.3 is 19.5 Å². The van der Waals surface area contributed by atoms with Crippen molar-refractivity contribution < 1.29 is 19.4 Å². The number of hydrogen-bond acceptors (Lipinski definition) is 8. The van der Waals surface area contributed by atoms with Crippen LogP contribution < -0.4 is 10.5 Å². The Hall–Kier alpha value is -4.79. The predicted molar refractivity (Wildman–Crippen MR) is 212 cm³/mol. The molecule has 2 aliphatic heterocycles. The van der Waals surface area contributed by atoms with Gasteiger partial charge in [-0.05, 0) is 67.0 Å². The zero-order valence-corrected chi connectivity index (χ0v) is 32.8. The highest BCUT2D eigenvalue weighted by molar-refractivity contribution is 9.10. The number of halogens is 1. The van der Waals surface area contributed by atoms with E-state index in [0.717, 1.165) is 32.2 Å². The van der Waals surface area contributed by atoms with Gasteiger partial charge in [-0.15, -0.1) is 5.10 Å². The standard InChI is InChI=1S/C41H41BrN6O5Si/c1-26-38(54(2,3)52)37(19-20-46-24-35(44-45-46)33(25-49)28-9-5-4-6-10-28)53-41(26)34-21-30(42)15-18-36(34)47(40(41)51)23-27-13-16-31(17-14-27)48-39(50)32-12-8-7-11-29(32)22-43-48/h4-18,21-22,24,26,33,37-38,49,52H,19-20,23,25H2,1-3H3/t26-,33?,37+,38-,41+/m0/s1. The number of ether oxygens (including phenoxy) is 1. The van der Waals surface area contributed by atoms with Crippen LogP contribution in [0.2, 0.25) is 18.6 Å². The van der Waals surface area contributed by atoms with Crippen molar-refractivity contribution in [3.8, 4) is 5.69 Å². The molecule has 0 aliphatic carbocycles. The van der Waals surface area contributed by atoms with Gasteiger partial charge in [-0.25, -0.2) is 0 Å². The van der Waals surface area contributed by atoms with Gasteiger partial charge in [-0.2, -0.15) is 9.78 Å². The van der Waals surface area contributed by atoms with Crippen LogP contribution in [0, 0.1) is 5.92 Å². The lowest BCUT2D eigenvalue weighted by molar-refractivity contribution is -0.146. The van der Waals surface area contributed by atoms with Crippen molar-refractivity contribution in [2.75, 3.05) is 11.5 Å². The molecule has 11 nitrogen and oxygen atoms in total. The first-order valence-corrected chi connectivity index (χ1v) is 22.0. The molecule has 6 aromatic rings. The van der Waals surface area contributed by atoms with Crippen LogP contribution in [0.15, 0.2) is 119 Å². The van der Waals surface area contributed by atoms with Crippen LogP contribution in [-0.2, 0) is 28.2 Å². The summed E-state index contributed by atoms with van der Waals surface area (Å²) in [5.74, 6) is -0.785. The van der Waals surface area contributed by atoms with E-state index in [1.54, 1.807) is 21.8 Å². The predicted octanol–water partition coefficient (Wildman–Crippen LogP) is 6.30. The van der Waals surface area contributed by atoms with Crippen molar-refractivity contribution in [3.63, 3.8) is 0 Å². The van der Waals surface area contributed by atoms with E-state index < -0.39 is 20.0 Å². The van der Waals surface area contributed by atoms with Crippen LogP contribution >= 0.6 is 15.9 Å². The van der Waals surface area contributed by atoms with Gasteiger partial charge in [-0.1, -0.05) is 88.7 Å². The van der Waals surface area contributed by atoms with E-state index in [1.165, 1.54) is 4.68 Å². The lowest BCUT2D eigenvalue weighted by atomic mass is 9.82. The fourth-order valence-electron chi connectivity index (χ4n) is 8.57. The first-order valence-electron chi connectivity index (χ1n) is 18.1. The second-order valence-corrected chi connectivity index (χ2v) is 19.8. The topological polar surface area (TPSA) is 136 Å². The third-order valence-corrected chi connectivity index (χ3v) is 14.1. The molecule has 2 N–H and O–H groups in total.